The van der Waals surface area contributed by atoms with Gasteiger partial charge in [0, 0.05) is 43.0 Å². The zero-order valence-corrected chi connectivity index (χ0v) is 17.9. The minimum absolute atomic E-state index is 0.0378. The predicted molar refractivity (Wildman–Crippen MR) is 115 cm³/mol. The molecule has 0 spiro atoms. The van der Waals surface area contributed by atoms with Gasteiger partial charge in [-0.3, -0.25) is 14.6 Å². The molecule has 1 aliphatic rings. The molecule has 2 aromatic rings. The number of hydrogen-bond donors (Lipinski definition) is 1. The van der Waals surface area contributed by atoms with Gasteiger partial charge in [-0.15, -0.1) is 0 Å². The van der Waals surface area contributed by atoms with Gasteiger partial charge in [-0.25, -0.2) is 0 Å². The lowest BCUT2D eigenvalue weighted by Crippen LogP contribution is -2.48. The quantitative estimate of drug-likeness (QED) is 0.795. The van der Waals surface area contributed by atoms with Gasteiger partial charge in [0.1, 0.15) is 0 Å². The SMILES string of the molecule is C[C@H](CC(=O)N1CCC(c2ccc(Cl)cc2)C(C)(C)C1)NC(=O)c1cccnc1. The number of halogens is 1. The van der Waals surface area contributed by atoms with Crippen LogP contribution in [-0.2, 0) is 4.79 Å². The Morgan fingerprint density at radius 3 is 2.62 bits per heavy atom. The molecule has 1 N–H and O–H groups in total. The summed E-state index contributed by atoms with van der Waals surface area (Å²) in [4.78, 5) is 31.0. The average Bonchev–Trinajstić information content (AvgIpc) is 2.68. The first-order valence-corrected chi connectivity index (χ1v) is 10.4. The van der Waals surface area contributed by atoms with Gasteiger partial charge < -0.3 is 10.2 Å². The minimum atomic E-state index is -0.243. The zero-order valence-electron chi connectivity index (χ0n) is 17.2. The van der Waals surface area contributed by atoms with E-state index in [9.17, 15) is 9.59 Å². The van der Waals surface area contributed by atoms with Crippen LogP contribution in [0.15, 0.2) is 48.8 Å². The highest BCUT2D eigenvalue weighted by atomic mass is 35.5. The monoisotopic (exact) mass is 413 g/mol. The molecule has 0 aliphatic carbocycles. The molecule has 1 aromatic heterocycles. The Morgan fingerprint density at radius 1 is 1.28 bits per heavy atom. The Kier molecular flexibility index (Phi) is 6.58. The molecule has 0 bridgehead atoms. The lowest BCUT2D eigenvalue weighted by Gasteiger charge is -2.45. The molecule has 1 saturated heterocycles. The van der Waals surface area contributed by atoms with Crippen LogP contribution in [0.25, 0.3) is 0 Å². The standard InChI is InChI=1S/C23H28ClN3O2/c1-16(26-22(29)18-5-4-11-25-14-18)13-21(28)27-12-10-20(23(2,3)15-27)17-6-8-19(24)9-7-17/h4-9,11,14,16,20H,10,12-13,15H2,1-3H3,(H,26,29)/t16-,20?/m1/s1. The second kappa shape index (κ2) is 8.95. The van der Waals surface area contributed by atoms with Crippen LogP contribution in [-0.4, -0.2) is 40.8 Å². The van der Waals surface area contributed by atoms with Gasteiger partial charge in [0.15, 0.2) is 0 Å². The fourth-order valence-corrected chi connectivity index (χ4v) is 4.25. The van der Waals surface area contributed by atoms with Gasteiger partial charge in [0.2, 0.25) is 5.91 Å². The molecule has 2 heterocycles. The van der Waals surface area contributed by atoms with Gasteiger partial charge in [-0.2, -0.15) is 0 Å². The maximum atomic E-state index is 12.8. The van der Waals surface area contributed by atoms with Gasteiger partial charge in [-0.05, 0) is 54.5 Å². The van der Waals surface area contributed by atoms with Gasteiger partial charge >= 0.3 is 0 Å². The molecule has 1 aromatic carbocycles. The van der Waals surface area contributed by atoms with Crippen LogP contribution in [0, 0.1) is 5.41 Å². The van der Waals surface area contributed by atoms with E-state index in [1.54, 1.807) is 18.3 Å². The summed E-state index contributed by atoms with van der Waals surface area (Å²) in [5, 5.41) is 3.63. The molecule has 1 aliphatic heterocycles. The summed E-state index contributed by atoms with van der Waals surface area (Å²) in [6.07, 6.45) is 4.34. The van der Waals surface area contributed by atoms with E-state index in [1.165, 1.54) is 11.8 Å². The van der Waals surface area contributed by atoms with Crippen molar-refractivity contribution in [3.05, 3.63) is 64.9 Å². The molecule has 2 atom stereocenters. The van der Waals surface area contributed by atoms with Crippen molar-refractivity contribution in [1.29, 1.82) is 0 Å². The van der Waals surface area contributed by atoms with Crippen LogP contribution in [0.4, 0.5) is 0 Å². The smallest absolute Gasteiger partial charge is 0.253 e. The molecule has 154 valence electrons. The van der Waals surface area contributed by atoms with Crippen molar-refractivity contribution in [2.45, 2.75) is 45.6 Å². The van der Waals surface area contributed by atoms with E-state index in [1.807, 2.05) is 24.0 Å². The number of carbonyl (C=O) groups excluding carboxylic acids is 2. The highest BCUT2D eigenvalue weighted by Crippen LogP contribution is 2.42. The predicted octanol–water partition coefficient (Wildman–Crippen LogP) is 4.29. The third-order valence-corrected chi connectivity index (χ3v) is 5.89. The highest BCUT2D eigenvalue weighted by molar-refractivity contribution is 6.30. The van der Waals surface area contributed by atoms with Crippen molar-refractivity contribution in [1.82, 2.24) is 15.2 Å². The van der Waals surface area contributed by atoms with Crippen molar-refractivity contribution in [2.75, 3.05) is 13.1 Å². The normalized spacial score (nSPS) is 19.4. The number of pyridine rings is 1. The van der Waals surface area contributed by atoms with E-state index in [-0.39, 0.29) is 29.7 Å². The summed E-state index contributed by atoms with van der Waals surface area (Å²) < 4.78 is 0. The molecule has 0 radical (unpaired) electrons. The molecule has 5 nitrogen and oxygen atoms in total. The summed E-state index contributed by atoms with van der Waals surface area (Å²) in [6, 6.07) is 11.2. The van der Waals surface area contributed by atoms with Crippen LogP contribution in [0.1, 0.15) is 55.5 Å². The van der Waals surface area contributed by atoms with Crippen LogP contribution in [0.3, 0.4) is 0 Å². The number of amides is 2. The summed E-state index contributed by atoms with van der Waals surface area (Å²) in [5.41, 5.74) is 1.73. The average molecular weight is 414 g/mol. The third-order valence-electron chi connectivity index (χ3n) is 5.64. The second-order valence-corrected chi connectivity index (χ2v) is 8.95. The molecule has 1 unspecified atom stereocenters. The fourth-order valence-electron chi connectivity index (χ4n) is 4.13. The minimum Gasteiger partial charge on any atom is -0.349 e. The zero-order chi connectivity index (χ0) is 21.0. The Balaban J connectivity index is 1.57. The third kappa shape index (κ3) is 5.36. The number of carbonyl (C=O) groups is 2. The number of piperidine rings is 1. The van der Waals surface area contributed by atoms with Crippen molar-refractivity contribution >= 4 is 23.4 Å². The Bertz CT molecular complexity index is 852. The molecule has 2 amide bonds. The largest absolute Gasteiger partial charge is 0.349 e. The molecule has 29 heavy (non-hydrogen) atoms. The van der Waals surface area contributed by atoms with Crippen molar-refractivity contribution in [3.8, 4) is 0 Å². The van der Waals surface area contributed by atoms with Crippen molar-refractivity contribution in [3.63, 3.8) is 0 Å². The van der Waals surface area contributed by atoms with Crippen molar-refractivity contribution < 1.29 is 9.59 Å². The van der Waals surface area contributed by atoms with Gasteiger partial charge in [0.05, 0.1) is 5.56 Å². The van der Waals surface area contributed by atoms with Crippen LogP contribution in [0.2, 0.25) is 5.02 Å². The molecule has 6 heteroatoms. The number of nitrogens with zero attached hydrogens (tertiary/aromatic N) is 2. The molecular weight excluding hydrogens is 386 g/mol. The summed E-state index contributed by atoms with van der Waals surface area (Å²) in [6.45, 7) is 7.69. The molecular formula is C23H28ClN3O2. The first-order chi connectivity index (χ1) is 13.8. The Labute approximate surface area is 177 Å². The molecule has 0 saturated carbocycles. The van der Waals surface area contributed by atoms with Crippen LogP contribution in [0.5, 0.6) is 0 Å². The van der Waals surface area contributed by atoms with E-state index in [4.69, 9.17) is 11.6 Å². The molecule has 1 fully saturated rings. The number of benzene rings is 1. The van der Waals surface area contributed by atoms with E-state index in [0.717, 1.165) is 18.0 Å². The van der Waals surface area contributed by atoms with Gasteiger partial charge in [-0.1, -0.05) is 37.6 Å². The highest BCUT2D eigenvalue weighted by Gasteiger charge is 2.38. The fraction of sp³-hybridized carbons (Fsp3) is 0.435. The molecule has 3 rings (SSSR count). The number of nitrogens with one attached hydrogen (secondary N) is 1. The summed E-state index contributed by atoms with van der Waals surface area (Å²) in [7, 11) is 0. The number of rotatable bonds is 5. The number of hydrogen-bond acceptors (Lipinski definition) is 3. The second-order valence-electron chi connectivity index (χ2n) is 8.52. The lowest BCUT2D eigenvalue weighted by molar-refractivity contribution is -0.135. The summed E-state index contributed by atoms with van der Waals surface area (Å²) in [5.74, 6) is 0.248. The Hall–Kier alpha value is -2.40. The maximum absolute atomic E-state index is 12.8. The number of likely N-dealkylation sites (tertiary alicyclic amines) is 1. The van der Waals surface area contributed by atoms with E-state index in [0.29, 0.717) is 18.0 Å². The van der Waals surface area contributed by atoms with E-state index in [2.05, 4.69) is 36.3 Å². The van der Waals surface area contributed by atoms with Crippen LogP contribution < -0.4 is 5.32 Å². The van der Waals surface area contributed by atoms with Crippen LogP contribution >= 0.6 is 11.6 Å². The van der Waals surface area contributed by atoms with E-state index >= 15 is 0 Å². The first-order valence-electron chi connectivity index (χ1n) is 10.0. The first kappa shape index (κ1) is 21.3. The Morgan fingerprint density at radius 2 is 2.00 bits per heavy atom. The van der Waals surface area contributed by atoms with Gasteiger partial charge in [0.25, 0.3) is 5.91 Å². The maximum Gasteiger partial charge on any atom is 0.253 e. The van der Waals surface area contributed by atoms with Crippen molar-refractivity contribution in [2.24, 2.45) is 5.41 Å². The van der Waals surface area contributed by atoms with E-state index < -0.39 is 0 Å². The number of aromatic nitrogens is 1. The lowest BCUT2D eigenvalue weighted by atomic mass is 9.70. The summed E-state index contributed by atoms with van der Waals surface area (Å²) >= 11 is 6.02. The topological polar surface area (TPSA) is 62.3 Å².